The molecule has 0 spiro atoms. The van der Waals surface area contributed by atoms with Crippen LogP contribution in [0.15, 0.2) is 30.3 Å². The van der Waals surface area contributed by atoms with Crippen LogP contribution in [0.4, 0.5) is 0 Å². The number of carbonyl (C=O) groups excluding carboxylic acids is 1. The van der Waals surface area contributed by atoms with Crippen molar-refractivity contribution in [3.8, 4) is 11.3 Å². The van der Waals surface area contributed by atoms with Gasteiger partial charge in [0.2, 0.25) is 5.91 Å². The second-order valence-corrected chi connectivity index (χ2v) is 7.80. The normalized spacial score (nSPS) is 27.4. The van der Waals surface area contributed by atoms with E-state index < -0.39 is 0 Å². The lowest BCUT2D eigenvalue weighted by atomic mass is 9.88. The molecule has 5 heteroatoms. The number of ether oxygens (including phenoxy) is 1. The maximum Gasteiger partial charge on any atom is 0.228 e. The lowest BCUT2D eigenvalue weighted by molar-refractivity contribution is -0.137. The van der Waals surface area contributed by atoms with Crippen molar-refractivity contribution in [3.05, 3.63) is 41.6 Å². The molecule has 3 aliphatic rings. The number of aromatic nitrogens is 2. The van der Waals surface area contributed by atoms with E-state index in [0.29, 0.717) is 12.0 Å². The van der Waals surface area contributed by atoms with Gasteiger partial charge in [0.25, 0.3) is 0 Å². The summed E-state index contributed by atoms with van der Waals surface area (Å²) in [7, 11) is 2.02. The second-order valence-electron chi connectivity index (χ2n) is 7.80. The average molecular weight is 351 g/mol. The lowest BCUT2D eigenvalue weighted by Gasteiger charge is -2.27. The molecule has 2 saturated heterocycles. The number of amides is 1. The van der Waals surface area contributed by atoms with Gasteiger partial charge in [0.1, 0.15) is 0 Å². The molecule has 1 amide bonds. The Morgan fingerprint density at radius 2 is 1.96 bits per heavy atom. The number of aryl methyl sites for hydroxylation is 1. The van der Waals surface area contributed by atoms with Crippen molar-refractivity contribution in [2.45, 2.75) is 44.3 Å². The highest BCUT2D eigenvalue weighted by Gasteiger charge is 2.45. The molecule has 3 atom stereocenters. The number of rotatable bonds is 2. The maximum absolute atomic E-state index is 13.1. The molecule has 0 unspecified atom stereocenters. The molecule has 5 nitrogen and oxygen atoms in total. The van der Waals surface area contributed by atoms with Gasteiger partial charge >= 0.3 is 0 Å². The van der Waals surface area contributed by atoms with Crippen LogP contribution in [-0.2, 0) is 29.4 Å². The number of nitrogens with zero attached hydrogens (tertiary/aromatic N) is 3. The molecule has 2 aromatic rings. The van der Waals surface area contributed by atoms with E-state index in [1.807, 2.05) is 17.8 Å². The number of carbonyl (C=O) groups is 1. The van der Waals surface area contributed by atoms with Gasteiger partial charge in [-0.1, -0.05) is 30.3 Å². The number of benzene rings is 1. The van der Waals surface area contributed by atoms with Crippen LogP contribution in [0.3, 0.4) is 0 Å². The molecule has 5 rings (SSSR count). The van der Waals surface area contributed by atoms with Crippen LogP contribution in [0, 0.1) is 5.92 Å². The van der Waals surface area contributed by atoms with Crippen LogP contribution >= 0.6 is 0 Å². The fourth-order valence-electron chi connectivity index (χ4n) is 5.00. The van der Waals surface area contributed by atoms with E-state index in [9.17, 15) is 4.79 Å². The third-order valence-corrected chi connectivity index (χ3v) is 6.26. The van der Waals surface area contributed by atoms with Gasteiger partial charge in [-0.05, 0) is 25.7 Å². The average Bonchev–Trinajstić information content (AvgIpc) is 3.33. The van der Waals surface area contributed by atoms with E-state index in [0.717, 1.165) is 50.9 Å². The smallest absolute Gasteiger partial charge is 0.228 e. The Labute approximate surface area is 153 Å². The fourth-order valence-corrected chi connectivity index (χ4v) is 5.00. The summed E-state index contributed by atoms with van der Waals surface area (Å²) in [5.41, 5.74) is 4.84. The highest BCUT2D eigenvalue weighted by molar-refractivity contribution is 5.80. The van der Waals surface area contributed by atoms with Crippen LogP contribution in [0.2, 0.25) is 0 Å². The molecule has 1 aromatic carbocycles. The molecule has 0 saturated carbocycles. The number of fused-ring (bicyclic) bond motifs is 3. The first-order valence-corrected chi connectivity index (χ1v) is 9.75. The Morgan fingerprint density at radius 1 is 1.15 bits per heavy atom. The first-order chi connectivity index (χ1) is 12.7. The maximum atomic E-state index is 13.1. The van der Waals surface area contributed by atoms with Gasteiger partial charge in [-0.3, -0.25) is 9.48 Å². The van der Waals surface area contributed by atoms with Gasteiger partial charge in [-0.15, -0.1) is 0 Å². The Bertz CT molecular complexity index is 829. The molecule has 1 aromatic heterocycles. The van der Waals surface area contributed by atoms with Crippen molar-refractivity contribution in [1.82, 2.24) is 14.7 Å². The van der Waals surface area contributed by atoms with Gasteiger partial charge < -0.3 is 9.64 Å². The molecule has 0 aliphatic carbocycles. The first kappa shape index (κ1) is 16.1. The zero-order valence-corrected chi connectivity index (χ0v) is 15.2. The highest BCUT2D eigenvalue weighted by atomic mass is 16.5. The van der Waals surface area contributed by atoms with E-state index in [1.165, 1.54) is 16.8 Å². The van der Waals surface area contributed by atoms with Crippen molar-refractivity contribution >= 4 is 5.91 Å². The van der Waals surface area contributed by atoms with Crippen LogP contribution in [0.5, 0.6) is 0 Å². The zero-order chi connectivity index (χ0) is 17.7. The summed E-state index contributed by atoms with van der Waals surface area (Å²) in [6, 6.07) is 10.4. The van der Waals surface area contributed by atoms with Crippen molar-refractivity contribution in [2.24, 2.45) is 13.0 Å². The standard InChI is InChI=1S/C21H25N3O2/c1-23-20(14-5-3-2-4-6-14)16-9-11-24(12-10-18(16)22-23)21(25)17-13-15-7-8-19(17)26-15/h2-6,15,17,19H,7-13H2,1H3/t15-,17-,19+/m0/s1. The summed E-state index contributed by atoms with van der Waals surface area (Å²) in [5.74, 6) is 0.381. The Kier molecular flexibility index (Phi) is 3.85. The van der Waals surface area contributed by atoms with E-state index in [1.54, 1.807) is 0 Å². The quantitative estimate of drug-likeness (QED) is 0.835. The Balaban J connectivity index is 1.37. The van der Waals surface area contributed by atoms with E-state index in [4.69, 9.17) is 9.84 Å². The fraction of sp³-hybridized carbons (Fsp3) is 0.524. The van der Waals surface area contributed by atoms with Crippen LogP contribution < -0.4 is 0 Å². The summed E-state index contributed by atoms with van der Waals surface area (Å²) < 4.78 is 7.91. The van der Waals surface area contributed by atoms with Crippen molar-refractivity contribution in [1.29, 1.82) is 0 Å². The molecule has 26 heavy (non-hydrogen) atoms. The summed E-state index contributed by atoms with van der Waals surface area (Å²) >= 11 is 0. The monoisotopic (exact) mass is 351 g/mol. The highest BCUT2D eigenvalue weighted by Crippen LogP contribution is 2.40. The minimum Gasteiger partial charge on any atom is -0.374 e. The van der Waals surface area contributed by atoms with Crippen molar-refractivity contribution in [2.75, 3.05) is 13.1 Å². The topological polar surface area (TPSA) is 47.4 Å². The Hall–Kier alpha value is -2.14. The SMILES string of the molecule is Cn1nc2c(c1-c1ccccc1)CCN(C(=O)[C@H]1C[C@@H]3CC[C@H]1O3)CC2. The predicted octanol–water partition coefficient (Wildman–Crippen LogP) is 2.58. The molecule has 4 heterocycles. The van der Waals surface area contributed by atoms with Gasteiger partial charge in [0.15, 0.2) is 0 Å². The van der Waals surface area contributed by atoms with E-state index in [-0.39, 0.29) is 12.0 Å². The van der Waals surface area contributed by atoms with Gasteiger partial charge in [-0.2, -0.15) is 5.10 Å². The molecule has 136 valence electrons. The summed E-state index contributed by atoms with van der Waals surface area (Å²) in [6.45, 7) is 1.55. The summed E-state index contributed by atoms with van der Waals surface area (Å²) in [4.78, 5) is 15.1. The van der Waals surface area contributed by atoms with Crippen LogP contribution in [-0.4, -0.2) is 45.9 Å². The van der Waals surface area contributed by atoms with Crippen molar-refractivity contribution in [3.63, 3.8) is 0 Å². The third-order valence-electron chi connectivity index (χ3n) is 6.26. The first-order valence-electron chi connectivity index (χ1n) is 9.75. The lowest BCUT2D eigenvalue weighted by Crippen LogP contribution is -2.41. The Morgan fingerprint density at radius 3 is 2.69 bits per heavy atom. The molecule has 0 N–H and O–H groups in total. The molecule has 2 fully saturated rings. The minimum absolute atomic E-state index is 0.0823. The minimum atomic E-state index is 0.0823. The largest absolute Gasteiger partial charge is 0.374 e. The molecular formula is C21H25N3O2. The summed E-state index contributed by atoms with van der Waals surface area (Å²) in [6.07, 6.45) is 5.30. The third kappa shape index (κ3) is 2.57. The molecule has 2 bridgehead atoms. The number of hydrogen-bond donors (Lipinski definition) is 0. The zero-order valence-electron chi connectivity index (χ0n) is 15.2. The second kappa shape index (κ2) is 6.23. The van der Waals surface area contributed by atoms with Crippen LogP contribution in [0.1, 0.15) is 30.5 Å². The van der Waals surface area contributed by atoms with Crippen molar-refractivity contribution < 1.29 is 9.53 Å². The molecular weight excluding hydrogens is 326 g/mol. The van der Waals surface area contributed by atoms with E-state index >= 15 is 0 Å². The van der Waals surface area contributed by atoms with E-state index in [2.05, 4.69) is 29.2 Å². The summed E-state index contributed by atoms with van der Waals surface area (Å²) in [5, 5.41) is 4.77. The van der Waals surface area contributed by atoms with Gasteiger partial charge in [-0.25, -0.2) is 0 Å². The number of hydrogen-bond acceptors (Lipinski definition) is 3. The molecule has 0 radical (unpaired) electrons. The van der Waals surface area contributed by atoms with Crippen LogP contribution in [0.25, 0.3) is 11.3 Å². The molecule has 3 aliphatic heterocycles. The van der Waals surface area contributed by atoms with Gasteiger partial charge in [0, 0.05) is 37.7 Å². The predicted molar refractivity (Wildman–Crippen MR) is 98.6 cm³/mol. The van der Waals surface area contributed by atoms with Gasteiger partial charge in [0.05, 0.1) is 29.5 Å².